The molecule has 1 heterocycles. The van der Waals surface area contributed by atoms with Crippen LogP contribution in [0.2, 0.25) is 0 Å². The van der Waals surface area contributed by atoms with Gasteiger partial charge in [0.05, 0.1) is 0 Å². The van der Waals surface area contributed by atoms with Crippen LogP contribution in [0.4, 0.5) is 13.2 Å². The van der Waals surface area contributed by atoms with Crippen molar-refractivity contribution in [1.82, 2.24) is 10.2 Å². The molecule has 1 aliphatic heterocycles. The summed E-state index contributed by atoms with van der Waals surface area (Å²) < 4.78 is 40.3. The van der Waals surface area contributed by atoms with Gasteiger partial charge in [0, 0.05) is 26.2 Å². The molecule has 0 amide bonds. The van der Waals surface area contributed by atoms with Crippen LogP contribution in [-0.2, 0) is 0 Å². The van der Waals surface area contributed by atoms with Crippen molar-refractivity contribution >= 4 is 24.8 Å². The van der Waals surface area contributed by atoms with Gasteiger partial charge in [-0.3, -0.25) is 4.90 Å². The highest BCUT2D eigenvalue weighted by Gasteiger charge is 2.45. The minimum absolute atomic E-state index is 0. The van der Waals surface area contributed by atoms with E-state index in [0.29, 0.717) is 37.3 Å². The molecule has 1 saturated heterocycles. The van der Waals surface area contributed by atoms with Crippen LogP contribution in [0, 0.1) is 13.8 Å². The van der Waals surface area contributed by atoms with Crippen molar-refractivity contribution in [3.8, 4) is 5.75 Å². The number of aryl methyl sites for hydroxylation is 2. The number of piperazine rings is 1. The van der Waals surface area contributed by atoms with Crippen molar-refractivity contribution in [2.24, 2.45) is 0 Å². The molecule has 0 bridgehead atoms. The highest BCUT2D eigenvalue weighted by Crippen LogP contribution is 2.39. The Kier molecular flexibility index (Phi) is 7.98. The largest absolute Gasteiger partial charge is 0.507 e. The minimum atomic E-state index is -4.33. The van der Waals surface area contributed by atoms with E-state index >= 15 is 0 Å². The topological polar surface area (TPSA) is 35.5 Å². The van der Waals surface area contributed by atoms with Gasteiger partial charge in [-0.2, -0.15) is 13.2 Å². The third kappa shape index (κ3) is 4.65. The van der Waals surface area contributed by atoms with Crippen LogP contribution in [0.5, 0.6) is 5.75 Å². The number of alkyl halides is 3. The Morgan fingerprint density at radius 1 is 1.09 bits per heavy atom. The van der Waals surface area contributed by atoms with Gasteiger partial charge < -0.3 is 10.4 Å². The second-order valence-corrected chi connectivity index (χ2v) is 5.23. The lowest BCUT2D eigenvalue weighted by Gasteiger charge is -2.36. The number of benzene rings is 1. The predicted molar refractivity (Wildman–Crippen MR) is 85.3 cm³/mol. The SMILES string of the molecule is Cc1cc([C@H](N2CCNCC2)C(F)(F)F)cc(C)c1O.Cl.Cl. The number of nitrogens with zero attached hydrogens (tertiary/aromatic N) is 1. The van der Waals surface area contributed by atoms with E-state index in [2.05, 4.69) is 5.32 Å². The molecule has 0 radical (unpaired) electrons. The van der Waals surface area contributed by atoms with Crippen LogP contribution < -0.4 is 5.32 Å². The van der Waals surface area contributed by atoms with E-state index in [0.717, 1.165) is 0 Å². The van der Waals surface area contributed by atoms with Gasteiger partial charge in [0.1, 0.15) is 11.8 Å². The fraction of sp³-hybridized carbons (Fsp3) is 0.571. The highest BCUT2D eigenvalue weighted by atomic mass is 35.5. The third-order valence-corrected chi connectivity index (χ3v) is 3.66. The fourth-order valence-corrected chi connectivity index (χ4v) is 2.69. The Morgan fingerprint density at radius 2 is 1.55 bits per heavy atom. The van der Waals surface area contributed by atoms with Crippen molar-refractivity contribution in [2.45, 2.75) is 26.1 Å². The Hall–Kier alpha value is -0.690. The monoisotopic (exact) mass is 360 g/mol. The number of nitrogens with one attached hydrogen (secondary N) is 1. The van der Waals surface area contributed by atoms with Crippen LogP contribution in [0.25, 0.3) is 0 Å². The first-order valence-corrected chi connectivity index (χ1v) is 6.62. The number of hydrogen-bond donors (Lipinski definition) is 2. The molecule has 1 atom stereocenters. The van der Waals surface area contributed by atoms with E-state index in [1.54, 1.807) is 13.8 Å². The Balaban J connectivity index is 0.00000220. The Bertz CT molecular complexity index is 468. The maximum Gasteiger partial charge on any atom is 0.408 e. The number of hydrogen-bond acceptors (Lipinski definition) is 3. The molecular formula is C14H21Cl2F3N2O. The standard InChI is InChI=1S/C14H19F3N2O.2ClH/c1-9-7-11(8-10(2)12(9)20)13(14(15,16)17)19-5-3-18-4-6-19;;/h7-8,13,18,20H,3-6H2,1-2H3;2*1H/t13-;;/m0../s1. The fourth-order valence-electron chi connectivity index (χ4n) is 2.69. The normalized spacial score (nSPS) is 17.3. The average molecular weight is 361 g/mol. The van der Waals surface area contributed by atoms with Crippen molar-refractivity contribution < 1.29 is 18.3 Å². The van der Waals surface area contributed by atoms with Crippen LogP contribution in [0.15, 0.2) is 12.1 Å². The molecule has 3 nitrogen and oxygen atoms in total. The second kappa shape index (κ2) is 8.24. The minimum Gasteiger partial charge on any atom is -0.507 e. The zero-order valence-corrected chi connectivity index (χ0v) is 14.0. The van der Waals surface area contributed by atoms with E-state index < -0.39 is 12.2 Å². The second-order valence-electron chi connectivity index (χ2n) is 5.23. The van der Waals surface area contributed by atoms with Crippen molar-refractivity contribution in [3.63, 3.8) is 0 Å². The summed E-state index contributed by atoms with van der Waals surface area (Å²) in [5, 5.41) is 12.8. The molecule has 1 aromatic carbocycles. The molecule has 0 spiro atoms. The molecule has 2 N–H and O–H groups in total. The number of rotatable bonds is 2. The molecule has 1 fully saturated rings. The van der Waals surface area contributed by atoms with Crippen LogP contribution in [-0.4, -0.2) is 42.4 Å². The molecule has 0 aromatic heterocycles. The zero-order chi connectivity index (χ0) is 14.9. The molecular weight excluding hydrogens is 340 g/mol. The van der Waals surface area contributed by atoms with Gasteiger partial charge in [0.2, 0.25) is 0 Å². The Labute approximate surface area is 140 Å². The van der Waals surface area contributed by atoms with E-state index in [-0.39, 0.29) is 36.1 Å². The van der Waals surface area contributed by atoms with E-state index in [1.807, 2.05) is 0 Å². The third-order valence-electron chi connectivity index (χ3n) is 3.66. The molecule has 1 aliphatic rings. The molecule has 128 valence electrons. The summed E-state index contributed by atoms with van der Waals surface area (Å²) in [5.74, 6) is 0.0648. The Morgan fingerprint density at radius 3 is 1.95 bits per heavy atom. The smallest absolute Gasteiger partial charge is 0.408 e. The lowest BCUT2D eigenvalue weighted by Crippen LogP contribution is -2.49. The van der Waals surface area contributed by atoms with Crippen molar-refractivity contribution in [3.05, 3.63) is 28.8 Å². The van der Waals surface area contributed by atoms with Gasteiger partial charge in [0.25, 0.3) is 0 Å². The van der Waals surface area contributed by atoms with Gasteiger partial charge in [0.15, 0.2) is 0 Å². The summed E-state index contributed by atoms with van der Waals surface area (Å²) in [4.78, 5) is 1.45. The summed E-state index contributed by atoms with van der Waals surface area (Å²) >= 11 is 0. The van der Waals surface area contributed by atoms with E-state index in [4.69, 9.17) is 0 Å². The number of phenols is 1. The van der Waals surface area contributed by atoms with Crippen molar-refractivity contribution in [1.29, 1.82) is 0 Å². The van der Waals surface area contributed by atoms with Gasteiger partial charge in [-0.15, -0.1) is 24.8 Å². The molecule has 0 aliphatic carbocycles. The van der Waals surface area contributed by atoms with Gasteiger partial charge >= 0.3 is 6.18 Å². The van der Waals surface area contributed by atoms with Gasteiger partial charge in [-0.25, -0.2) is 0 Å². The molecule has 22 heavy (non-hydrogen) atoms. The summed E-state index contributed by atoms with van der Waals surface area (Å²) in [7, 11) is 0. The van der Waals surface area contributed by atoms with Crippen molar-refractivity contribution in [2.75, 3.05) is 26.2 Å². The molecule has 0 unspecified atom stereocenters. The first-order chi connectivity index (χ1) is 9.30. The lowest BCUT2D eigenvalue weighted by atomic mass is 9.98. The zero-order valence-electron chi connectivity index (χ0n) is 12.4. The maximum atomic E-state index is 13.4. The summed E-state index contributed by atoms with van der Waals surface area (Å²) in [6.45, 7) is 5.09. The first-order valence-electron chi connectivity index (χ1n) is 6.62. The maximum absolute atomic E-state index is 13.4. The van der Waals surface area contributed by atoms with Gasteiger partial charge in [-0.05, 0) is 30.5 Å². The van der Waals surface area contributed by atoms with Crippen LogP contribution in [0.3, 0.4) is 0 Å². The molecule has 1 aromatic rings. The lowest BCUT2D eigenvalue weighted by molar-refractivity contribution is -0.187. The predicted octanol–water partition coefficient (Wildman–Crippen LogP) is 3.36. The molecule has 0 saturated carbocycles. The van der Waals surface area contributed by atoms with E-state index in [9.17, 15) is 18.3 Å². The number of phenolic OH excluding ortho intramolecular Hbond substituents is 1. The van der Waals surface area contributed by atoms with Gasteiger partial charge in [-0.1, -0.05) is 12.1 Å². The van der Waals surface area contributed by atoms with Crippen LogP contribution >= 0.6 is 24.8 Å². The summed E-state index contributed by atoms with van der Waals surface area (Å²) in [6.07, 6.45) is -4.33. The molecule has 8 heteroatoms. The summed E-state index contributed by atoms with van der Waals surface area (Å²) in [6, 6.07) is 1.26. The number of aromatic hydroxyl groups is 1. The summed E-state index contributed by atoms with van der Waals surface area (Å²) in [5.41, 5.74) is 1.15. The quantitative estimate of drug-likeness (QED) is 0.848. The van der Waals surface area contributed by atoms with Crippen LogP contribution in [0.1, 0.15) is 22.7 Å². The first kappa shape index (κ1) is 21.3. The average Bonchev–Trinajstić information content (AvgIpc) is 2.35. The highest BCUT2D eigenvalue weighted by molar-refractivity contribution is 5.85. The van der Waals surface area contributed by atoms with E-state index in [1.165, 1.54) is 17.0 Å². The molecule has 2 rings (SSSR count). The number of halogens is 5.